The van der Waals surface area contributed by atoms with Gasteiger partial charge in [-0.15, -0.1) is 0 Å². The molecular formula is C11H12O. The summed E-state index contributed by atoms with van der Waals surface area (Å²) in [7, 11) is 0. The average Bonchev–Trinajstić information content (AvgIpc) is 2.03. The highest BCUT2D eigenvalue weighted by atomic mass is 16.1. The fourth-order valence-electron chi connectivity index (χ4n) is 1.05. The molecule has 0 bridgehead atoms. The molecule has 0 saturated heterocycles. The van der Waals surface area contributed by atoms with E-state index in [0.29, 0.717) is 12.0 Å². The van der Waals surface area contributed by atoms with Gasteiger partial charge in [-0.05, 0) is 25.3 Å². The number of hydrogen-bond acceptors (Lipinski definition) is 1. The van der Waals surface area contributed by atoms with Crippen LogP contribution in [-0.4, -0.2) is 5.78 Å². The van der Waals surface area contributed by atoms with Crippen LogP contribution in [0, 0.1) is 11.8 Å². The van der Waals surface area contributed by atoms with E-state index in [1.54, 1.807) is 0 Å². The minimum Gasteiger partial charge on any atom is -0.293 e. The van der Waals surface area contributed by atoms with Gasteiger partial charge in [0.1, 0.15) is 0 Å². The number of rotatable bonds is 0. The molecule has 0 fully saturated rings. The van der Waals surface area contributed by atoms with E-state index in [1.165, 1.54) is 0 Å². The summed E-state index contributed by atoms with van der Waals surface area (Å²) in [6.07, 6.45) is 4.52. The predicted molar refractivity (Wildman–Crippen MR) is 49.5 cm³/mol. The largest absolute Gasteiger partial charge is 0.293 e. The lowest BCUT2D eigenvalue weighted by molar-refractivity contribution is -0.115. The van der Waals surface area contributed by atoms with E-state index in [1.807, 2.05) is 13.0 Å². The van der Waals surface area contributed by atoms with Gasteiger partial charge in [0, 0.05) is 6.42 Å². The van der Waals surface area contributed by atoms with Crippen molar-refractivity contribution in [3.05, 3.63) is 23.8 Å². The number of ketones is 1. The zero-order valence-electron chi connectivity index (χ0n) is 7.31. The van der Waals surface area contributed by atoms with Gasteiger partial charge >= 0.3 is 0 Å². The van der Waals surface area contributed by atoms with E-state index in [9.17, 15) is 4.79 Å². The van der Waals surface area contributed by atoms with Crippen LogP contribution in [0.4, 0.5) is 0 Å². The number of allylic oxidation sites excluding steroid dienone is 3. The molecule has 0 aliphatic heterocycles. The van der Waals surface area contributed by atoms with Crippen LogP contribution in [0.2, 0.25) is 0 Å². The summed E-state index contributed by atoms with van der Waals surface area (Å²) in [4.78, 5) is 11.2. The fraction of sp³-hybridized carbons (Fsp3) is 0.364. The highest BCUT2D eigenvalue weighted by Crippen LogP contribution is 2.12. The maximum absolute atomic E-state index is 11.2. The summed E-state index contributed by atoms with van der Waals surface area (Å²) in [5.41, 5.74) is 1.47. The summed E-state index contributed by atoms with van der Waals surface area (Å²) in [6, 6.07) is 0. The molecule has 0 spiro atoms. The van der Waals surface area contributed by atoms with Crippen molar-refractivity contribution in [1.29, 1.82) is 0 Å². The Morgan fingerprint density at radius 3 is 3.00 bits per heavy atom. The molecular weight excluding hydrogens is 148 g/mol. The molecule has 0 aromatic rings. The predicted octanol–water partition coefficient (Wildman–Crippen LogP) is 2.25. The number of carbonyl (C=O) groups excluding carboxylic acids is 1. The third-order valence-corrected chi connectivity index (χ3v) is 1.67. The molecule has 0 radical (unpaired) electrons. The van der Waals surface area contributed by atoms with Gasteiger partial charge in [0.05, 0.1) is 5.57 Å². The summed E-state index contributed by atoms with van der Waals surface area (Å²) < 4.78 is 0. The van der Waals surface area contributed by atoms with E-state index in [0.717, 1.165) is 18.4 Å². The topological polar surface area (TPSA) is 17.1 Å². The van der Waals surface area contributed by atoms with Gasteiger partial charge in [-0.25, -0.2) is 0 Å². The summed E-state index contributed by atoms with van der Waals surface area (Å²) in [6.45, 7) is 5.49. The molecule has 12 heavy (non-hydrogen) atoms. The van der Waals surface area contributed by atoms with Gasteiger partial charge < -0.3 is 0 Å². The van der Waals surface area contributed by atoms with Crippen LogP contribution < -0.4 is 0 Å². The lowest BCUT2D eigenvalue weighted by Crippen LogP contribution is -2.04. The summed E-state index contributed by atoms with van der Waals surface area (Å²) in [5.74, 6) is 5.82. The van der Waals surface area contributed by atoms with E-state index in [-0.39, 0.29) is 5.78 Å². The molecule has 0 unspecified atom stereocenters. The van der Waals surface area contributed by atoms with E-state index >= 15 is 0 Å². The normalized spacial score (nSPS) is 16.1. The van der Waals surface area contributed by atoms with Crippen molar-refractivity contribution in [2.45, 2.75) is 26.2 Å². The summed E-state index contributed by atoms with van der Waals surface area (Å²) >= 11 is 0. The Bertz CT molecular complexity index is 297. The standard InChI is InChI=1S/C11H12O/c1-9(2)7-8-10-5-3-4-6-11(10)12/h5H,1,3-4,6H2,2H3. The van der Waals surface area contributed by atoms with Crippen LogP contribution in [0.1, 0.15) is 26.2 Å². The molecule has 1 aliphatic rings. The smallest absolute Gasteiger partial charge is 0.170 e. The maximum Gasteiger partial charge on any atom is 0.170 e. The summed E-state index contributed by atoms with van der Waals surface area (Å²) in [5, 5.41) is 0. The molecule has 1 heteroatoms. The highest BCUT2D eigenvalue weighted by Gasteiger charge is 2.10. The van der Waals surface area contributed by atoms with Crippen molar-refractivity contribution in [3.8, 4) is 11.8 Å². The first kappa shape index (κ1) is 8.80. The minimum atomic E-state index is 0.176. The number of carbonyl (C=O) groups is 1. The first-order valence-electron chi connectivity index (χ1n) is 4.11. The van der Waals surface area contributed by atoms with Crippen LogP contribution in [0.25, 0.3) is 0 Å². The van der Waals surface area contributed by atoms with Crippen molar-refractivity contribution in [2.75, 3.05) is 0 Å². The maximum atomic E-state index is 11.2. The number of Topliss-reactive ketones (excluding diaryl/α,β-unsaturated/α-hetero) is 1. The third-order valence-electron chi connectivity index (χ3n) is 1.67. The van der Waals surface area contributed by atoms with Crippen molar-refractivity contribution in [2.24, 2.45) is 0 Å². The first-order valence-corrected chi connectivity index (χ1v) is 4.11. The molecule has 0 aromatic heterocycles. The molecule has 0 aromatic carbocycles. The minimum absolute atomic E-state index is 0.176. The molecule has 0 N–H and O–H groups in total. The van der Waals surface area contributed by atoms with Crippen molar-refractivity contribution < 1.29 is 4.79 Å². The van der Waals surface area contributed by atoms with Gasteiger partial charge in [-0.3, -0.25) is 4.79 Å². The zero-order chi connectivity index (χ0) is 8.97. The van der Waals surface area contributed by atoms with Crippen LogP contribution in [0.3, 0.4) is 0 Å². The Hall–Kier alpha value is -1.29. The SMILES string of the molecule is C=C(C)C#CC1=CCCCC1=O. The second-order valence-corrected chi connectivity index (χ2v) is 2.96. The van der Waals surface area contributed by atoms with Crippen LogP contribution in [-0.2, 0) is 4.79 Å². The molecule has 0 saturated carbocycles. The molecule has 1 nitrogen and oxygen atoms in total. The van der Waals surface area contributed by atoms with Crippen LogP contribution in [0.5, 0.6) is 0 Å². The Kier molecular flexibility index (Phi) is 2.88. The first-order chi connectivity index (χ1) is 5.70. The van der Waals surface area contributed by atoms with Crippen LogP contribution >= 0.6 is 0 Å². The molecule has 1 aliphatic carbocycles. The van der Waals surface area contributed by atoms with Crippen molar-refractivity contribution in [1.82, 2.24) is 0 Å². The zero-order valence-corrected chi connectivity index (χ0v) is 7.31. The average molecular weight is 160 g/mol. The molecule has 0 heterocycles. The van der Waals surface area contributed by atoms with Gasteiger partial charge in [-0.2, -0.15) is 0 Å². The van der Waals surface area contributed by atoms with Gasteiger partial charge in [0.2, 0.25) is 0 Å². The molecule has 62 valence electrons. The van der Waals surface area contributed by atoms with E-state index in [2.05, 4.69) is 18.4 Å². The Morgan fingerprint density at radius 2 is 2.42 bits per heavy atom. The van der Waals surface area contributed by atoms with Gasteiger partial charge in [0.15, 0.2) is 5.78 Å². The van der Waals surface area contributed by atoms with Crippen molar-refractivity contribution in [3.63, 3.8) is 0 Å². The Balaban J connectivity index is 2.76. The molecule has 0 amide bonds. The van der Waals surface area contributed by atoms with Gasteiger partial charge in [0.25, 0.3) is 0 Å². The monoisotopic (exact) mass is 160 g/mol. The third kappa shape index (κ3) is 2.39. The van der Waals surface area contributed by atoms with Crippen LogP contribution in [0.15, 0.2) is 23.8 Å². The van der Waals surface area contributed by atoms with Gasteiger partial charge in [-0.1, -0.05) is 24.5 Å². The van der Waals surface area contributed by atoms with E-state index < -0.39 is 0 Å². The molecule has 0 atom stereocenters. The second-order valence-electron chi connectivity index (χ2n) is 2.96. The van der Waals surface area contributed by atoms with E-state index in [4.69, 9.17) is 0 Å². The fourth-order valence-corrected chi connectivity index (χ4v) is 1.05. The Labute approximate surface area is 73.2 Å². The Morgan fingerprint density at radius 1 is 1.67 bits per heavy atom. The lowest BCUT2D eigenvalue weighted by atomic mass is 9.98. The molecule has 1 rings (SSSR count). The quantitative estimate of drug-likeness (QED) is 0.497. The second kappa shape index (κ2) is 3.92. The lowest BCUT2D eigenvalue weighted by Gasteiger charge is -2.04. The van der Waals surface area contributed by atoms with Crippen molar-refractivity contribution >= 4 is 5.78 Å². The highest BCUT2D eigenvalue weighted by molar-refractivity contribution is 6.00. The number of hydrogen-bond donors (Lipinski definition) is 0.